The van der Waals surface area contributed by atoms with Gasteiger partial charge in [-0.25, -0.2) is 0 Å². The molecule has 0 spiro atoms. The van der Waals surface area contributed by atoms with Crippen LogP contribution in [0.25, 0.3) is 0 Å². The van der Waals surface area contributed by atoms with Gasteiger partial charge in [0.2, 0.25) is 0 Å². The summed E-state index contributed by atoms with van der Waals surface area (Å²) in [6, 6.07) is 0. The molecule has 0 N–H and O–H groups in total. The van der Waals surface area contributed by atoms with Crippen molar-refractivity contribution in [3.63, 3.8) is 0 Å². The van der Waals surface area contributed by atoms with E-state index in [-0.39, 0.29) is 21.1 Å². The summed E-state index contributed by atoms with van der Waals surface area (Å²) < 4.78 is 0. The minimum Gasteiger partial charge on any atom is -0.355 e. The molecule has 0 saturated heterocycles. The first-order valence-corrected chi connectivity index (χ1v) is 5.70. The number of aromatic nitrogens is 3. The number of hydrogen-bond donors (Lipinski definition) is 0. The summed E-state index contributed by atoms with van der Waals surface area (Å²) in [4.78, 5) is 0. The summed E-state index contributed by atoms with van der Waals surface area (Å²) in [6.45, 7) is 6.31. The van der Waals surface area contributed by atoms with E-state index in [1.807, 2.05) is 13.8 Å². The standard InChI is InChI=1S/C9H14N3.C2H6.W/c1-7-3-2-4-8-9(6-5-7)11-12-10-8;1-2;/h7H,2-6H2,1H3;1-2H3;/q-1;;. The topological polar surface area (TPSA) is 39.9 Å². The Morgan fingerprint density at radius 3 is 2.67 bits per heavy atom. The molecule has 2 rings (SSSR count). The smallest absolute Gasteiger partial charge is 0 e. The molecule has 0 aliphatic heterocycles. The number of hydrogen-bond acceptors (Lipinski definition) is 2. The number of fused-ring (bicyclic) bond motifs is 1. The van der Waals surface area contributed by atoms with Crippen LogP contribution < -0.4 is 5.10 Å². The van der Waals surface area contributed by atoms with Gasteiger partial charge in [-0.15, -0.1) is 0 Å². The molecule has 1 aliphatic rings. The maximum Gasteiger partial charge on any atom is 0 e. The van der Waals surface area contributed by atoms with Crippen molar-refractivity contribution < 1.29 is 21.1 Å². The molecule has 86 valence electrons. The van der Waals surface area contributed by atoms with Crippen molar-refractivity contribution in [2.75, 3.05) is 0 Å². The quantitative estimate of drug-likeness (QED) is 0.696. The van der Waals surface area contributed by atoms with Gasteiger partial charge in [-0.05, 0) is 43.0 Å². The van der Waals surface area contributed by atoms with Crippen molar-refractivity contribution >= 4 is 0 Å². The van der Waals surface area contributed by atoms with Crippen LogP contribution in [0, 0.1) is 5.92 Å². The normalized spacial score (nSPS) is 19.8. The van der Waals surface area contributed by atoms with Gasteiger partial charge in [0.25, 0.3) is 0 Å². The molecule has 1 unspecified atom stereocenters. The van der Waals surface area contributed by atoms with E-state index in [0.717, 1.165) is 30.1 Å². The van der Waals surface area contributed by atoms with Gasteiger partial charge in [0, 0.05) is 21.1 Å². The van der Waals surface area contributed by atoms with Crippen molar-refractivity contribution in [1.29, 1.82) is 0 Å². The molecule has 0 fully saturated rings. The van der Waals surface area contributed by atoms with Crippen LogP contribution in [0.1, 0.15) is 51.4 Å². The van der Waals surface area contributed by atoms with Gasteiger partial charge >= 0.3 is 0 Å². The molecule has 0 saturated carbocycles. The zero-order chi connectivity index (χ0) is 10.4. The minimum absolute atomic E-state index is 0. The average Bonchev–Trinajstić information content (AvgIpc) is 2.62. The van der Waals surface area contributed by atoms with E-state index in [0.29, 0.717) is 0 Å². The van der Waals surface area contributed by atoms with E-state index in [1.165, 1.54) is 19.3 Å². The molecule has 3 nitrogen and oxygen atoms in total. The third-order valence-corrected chi connectivity index (χ3v) is 2.65. The first-order valence-electron chi connectivity index (χ1n) is 5.70. The van der Waals surface area contributed by atoms with Crippen LogP contribution in [0.3, 0.4) is 0 Å². The first kappa shape index (κ1) is 14.8. The number of rotatable bonds is 0. The van der Waals surface area contributed by atoms with E-state index in [2.05, 4.69) is 22.3 Å². The molecule has 0 radical (unpaired) electrons. The van der Waals surface area contributed by atoms with E-state index < -0.39 is 0 Å². The fourth-order valence-corrected chi connectivity index (χ4v) is 1.78. The Morgan fingerprint density at radius 1 is 1.20 bits per heavy atom. The van der Waals surface area contributed by atoms with Crippen molar-refractivity contribution in [2.45, 2.75) is 52.9 Å². The van der Waals surface area contributed by atoms with Crippen LogP contribution in [0.2, 0.25) is 0 Å². The van der Waals surface area contributed by atoms with E-state index in [4.69, 9.17) is 0 Å². The van der Waals surface area contributed by atoms with E-state index in [9.17, 15) is 0 Å². The molecule has 0 bridgehead atoms. The maximum absolute atomic E-state index is 4.03. The number of nitrogens with zero attached hydrogens (tertiary/aromatic N) is 3. The Hall–Kier alpha value is -0.172. The molecular formula is C11H20N3W-. The molecule has 1 aromatic rings. The predicted octanol–water partition coefficient (Wildman–Crippen LogP) is 2.36. The molecule has 15 heavy (non-hydrogen) atoms. The van der Waals surface area contributed by atoms with Crippen LogP contribution in [0.4, 0.5) is 0 Å². The van der Waals surface area contributed by atoms with Crippen LogP contribution >= 0.6 is 0 Å². The molecule has 1 aromatic heterocycles. The van der Waals surface area contributed by atoms with Crippen LogP contribution in [0.15, 0.2) is 0 Å². The zero-order valence-corrected chi connectivity index (χ0v) is 12.8. The second-order valence-corrected chi connectivity index (χ2v) is 3.72. The Balaban J connectivity index is 0.000000617. The molecule has 0 amide bonds. The molecule has 4 heteroatoms. The maximum atomic E-state index is 4.03. The third-order valence-electron chi connectivity index (χ3n) is 2.65. The van der Waals surface area contributed by atoms with Gasteiger partial charge in [-0.1, -0.05) is 27.2 Å². The average molecular weight is 378 g/mol. The van der Waals surface area contributed by atoms with E-state index in [1.54, 1.807) is 0 Å². The van der Waals surface area contributed by atoms with Gasteiger partial charge < -0.3 is 10.2 Å². The van der Waals surface area contributed by atoms with Crippen LogP contribution in [-0.2, 0) is 33.9 Å². The summed E-state index contributed by atoms with van der Waals surface area (Å²) in [5.41, 5.74) is 2.28. The Labute approximate surface area is 107 Å². The Kier molecular flexibility index (Phi) is 7.94. The van der Waals surface area contributed by atoms with Gasteiger partial charge in [0.05, 0.1) is 0 Å². The van der Waals surface area contributed by atoms with Gasteiger partial charge in [-0.2, -0.15) is 0 Å². The summed E-state index contributed by atoms with van der Waals surface area (Å²) in [5, 5.41) is 11.8. The van der Waals surface area contributed by atoms with Crippen molar-refractivity contribution in [2.24, 2.45) is 5.92 Å². The number of aryl methyl sites for hydroxylation is 2. The molecule has 1 aliphatic carbocycles. The van der Waals surface area contributed by atoms with Crippen LogP contribution in [-0.4, -0.2) is 10.3 Å². The summed E-state index contributed by atoms with van der Waals surface area (Å²) in [7, 11) is 0. The Morgan fingerprint density at radius 2 is 1.93 bits per heavy atom. The second-order valence-electron chi connectivity index (χ2n) is 3.72. The SMILES string of the molecule is CC.CC1CCCc2[n-]nnc2CC1.[W]. The van der Waals surface area contributed by atoms with Crippen LogP contribution in [0.5, 0.6) is 0 Å². The summed E-state index contributed by atoms with van der Waals surface area (Å²) in [6.07, 6.45) is 5.96. The Bertz CT molecular complexity index is 260. The van der Waals surface area contributed by atoms with Gasteiger partial charge in [0.15, 0.2) is 0 Å². The largest absolute Gasteiger partial charge is 0.355 e. The summed E-state index contributed by atoms with van der Waals surface area (Å²) >= 11 is 0. The van der Waals surface area contributed by atoms with E-state index >= 15 is 0 Å². The third kappa shape index (κ3) is 4.46. The summed E-state index contributed by atoms with van der Waals surface area (Å²) in [5.74, 6) is 0.842. The van der Waals surface area contributed by atoms with Crippen molar-refractivity contribution in [3.8, 4) is 0 Å². The second kappa shape index (κ2) is 8.04. The monoisotopic (exact) mass is 378 g/mol. The van der Waals surface area contributed by atoms with Gasteiger partial charge in [0.1, 0.15) is 0 Å². The van der Waals surface area contributed by atoms with Crippen molar-refractivity contribution in [1.82, 2.24) is 15.4 Å². The van der Waals surface area contributed by atoms with Gasteiger partial charge in [-0.3, -0.25) is 5.21 Å². The first-order chi connectivity index (χ1) is 6.86. The van der Waals surface area contributed by atoms with Crippen molar-refractivity contribution in [3.05, 3.63) is 11.4 Å². The fourth-order valence-electron chi connectivity index (χ4n) is 1.78. The zero-order valence-electron chi connectivity index (χ0n) is 9.86. The molecule has 0 aromatic carbocycles. The molecule has 1 heterocycles. The molecule has 1 atom stereocenters. The minimum atomic E-state index is 0. The predicted molar refractivity (Wildman–Crippen MR) is 57.1 cm³/mol. The fraction of sp³-hybridized carbons (Fsp3) is 0.818. The molecular weight excluding hydrogens is 358 g/mol.